The van der Waals surface area contributed by atoms with E-state index >= 15 is 0 Å². The quantitative estimate of drug-likeness (QED) is 0.563. The standard InChI is InChI=1S/C8H16O2.O2/c1-5-6(2)10-8(4)7(3)9-5;1-2/h5-8H,1-4H3;. The molecule has 0 aromatic heterocycles. The van der Waals surface area contributed by atoms with E-state index in [-0.39, 0.29) is 24.4 Å². The van der Waals surface area contributed by atoms with Crippen LogP contribution in [0.15, 0.2) is 0 Å². The van der Waals surface area contributed by atoms with Gasteiger partial charge in [-0.2, -0.15) is 0 Å². The third-order valence-electron chi connectivity index (χ3n) is 2.18. The summed E-state index contributed by atoms with van der Waals surface area (Å²) in [5.41, 5.74) is 0. The summed E-state index contributed by atoms with van der Waals surface area (Å²) in [5, 5.41) is 0. The maximum absolute atomic E-state index is 7.00. The number of ether oxygens (including phenoxy) is 2. The highest BCUT2D eigenvalue weighted by molar-refractivity contribution is 4.73. The monoisotopic (exact) mass is 176 g/mol. The van der Waals surface area contributed by atoms with E-state index < -0.39 is 0 Å². The van der Waals surface area contributed by atoms with Crippen molar-refractivity contribution in [2.24, 2.45) is 0 Å². The van der Waals surface area contributed by atoms with Gasteiger partial charge < -0.3 is 9.47 Å². The van der Waals surface area contributed by atoms with Gasteiger partial charge in [-0.3, -0.25) is 0 Å². The van der Waals surface area contributed by atoms with Gasteiger partial charge in [0, 0.05) is 9.93 Å². The summed E-state index contributed by atoms with van der Waals surface area (Å²) in [6.45, 7) is 8.19. The number of hydrogen-bond acceptors (Lipinski definition) is 4. The van der Waals surface area contributed by atoms with Crippen molar-refractivity contribution in [3.8, 4) is 0 Å². The molecule has 4 nitrogen and oxygen atoms in total. The summed E-state index contributed by atoms with van der Waals surface area (Å²) in [6.07, 6.45) is 0.967. The Labute approximate surface area is 72.5 Å². The molecule has 12 heavy (non-hydrogen) atoms. The molecule has 1 rings (SSSR count). The fraction of sp³-hybridized carbons (Fsp3) is 1.00. The minimum atomic E-state index is 0.242. The van der Waals surface area contributed by atoms with Gasteiger partial charge in [0.2, 0.25) is 0 Å². The third-order valence-corrected chi connectivity index (χ3v) is 2.18. The molecule has 4 heteroatoms. The van der Waals surface area contributed by atoms with Crippen LogP contribution in [0, 0.1) is 9.93 Å². The largest absolute Gasteiger partial charge is 0.370 e. The summed E-state index contributed by atoms with van der Waals surface area (Å²) in [7, 11) is 0. The van der Waals surface area contributed by atoms with Crippen molar-refractivity contribution >= 4 is 0 Å². The first-order valence-corrected chi connectivity index (χ1v) is 4.09. The number of rotatable bonds is 0. The first-order valence-electron chi connectivity index (χ1n) is 4.09. The second kappa shape index (κ2) is 5.22. The summed E-state index contributed by atoms with van der Waals surface area (Å²) in [4.78, 5) is 14.0. The van der Waals surface area contributed by atoms with Gasteiger partial charge in [-0.1, -0.05) is 0 Å². The molecule has 1 fully saturated rings. The predicted molar refractivity (Wildman–Crippen MR) is 46.8 cm³/mol. The molecular weight excluding hydrogens is 160 g/mol. The van der Waals surface area contributed by atoms with Crippen LogP contribution in [0.3, 0.4) is 0 Å². The second-order valence-corrected chi connectivity index (χ2v) is 3.09. The predicted octanol–water partition coefficient (Wildman–Crippen LogP) is 1.65. The Balaban J connectivity index is 0.000000561. The molecule has 4 unspecified atom stereocenters. The van der Waals surface area contributed by atoms with Crippen molar-refractivity contribution < 1.29 is 9.47 Å². The molecule has 72 valence electrons. The van der Waals surface area contributed by atoms with Gasteiger partial charge in [0.15, 0.2) is 0 Å². The Morgan fingerprint density at radius 2 is 0.833 bits per heavy atom. The normalized spacial score (nSPS) is 41.3. The van der Waals surface area contributed by atoms with Gasteiger partial charge in [0.25, 0.3) is 0 Å². The molecule has 0 aromatic rings. The maximum Gasteiger partial charge on any atom is 0.0811 e. The van der Waals surface area contributed by atoms with Crippen LogP contribution >= 0.6 is 0 Å². The van der Waals surface area contributed by atoms with Crippen LogP contribution < -0.4 is 0 Å². The van der Waals surface area contributed by atoms with E-state index in [1.165, 1.54) is 0 Å². The lowest BCUT2D eigenvalue weighted by atomic mass is 10.1. The zero-order chi connectivity index (χ0) is 9.72. The van der Waals surface area contributed by atoms with Gasteiger partial charge in [-0.05, 0) is 27.7 Å². The lowest BCUT2D eigenvalue weighted by Crippen LogP contribution is -2.44. The first-order chi connectivity index (χ1) is 5.61. The van der Waals surface area contributed by atoms with Crippen molar-refractivity contribution in [2.75, 3.05) is 0 Å². The maximum atomic E-state index is 7.00. The van der Waals surface area contributed by atoms with Crippen molar-refractivity contribution in [1.82, 2.24) is 0 Å². The van der Waals surface area contributed by atoms with Crippen LogP contribution in [0.4, 0.5) is 0 Å². The van der Waals surface area contributed by atoms with Gasteiger partial charge in [-0.25, -0.2) is 0 Å². The minimum absolute atomic E-state index is 0.242. The molecule has 1 heterocycles. The van der Waals surface area contributed by atoms with Gasteiger partial charge in [-0.15, -0.1) is 0 Å². The molecule has 0 aliphatic carbocycles. The van der Waals surface area contributed by atoms with Gasteiger partial charge in [0.1, 0.15) is 0 Å². The van der Waals surface area contributed by atoms with E-state index in [1.807, 2.05) is 27.7 Å². The summed E-state index contributed by atoms with van der Waals surface area (Å²) < 4.78 is 11.2. The molecule has 0 radical (unpaired) electrons. The van der Waals surface area contributed by atoms with Gasteiger partial charge >= 0.3 is 0 Å². The second-order valence-electron chi connectivity index (χ2n) is 3.09. The van der Waals surface area contributed by atoms with E-state index in [0.29, 0.717) is 0 Å². The van der Waals surface area contributed by atoms with Crippen LogP contribution in [-0.4, -0.2) is 24.4 Å². The Morgan fingerprint density at radius 3 is 1.00 bits per heavy atom. The average Bonchev–Trinajstić information content (AvgIpc) is 2.05. The lowest BCUT2D eigenvalue weighted by Gasteiger charge is -2.36. The zero-order valence-electron chi connectivity index (χ0n) is 7.94. The van der Waals surface area contributed by atoms with Crippen molar-refractivity contribution in [3.63, 3.8) is 0 Å². The molecule has 1 aliphatic rings. The molecule has 0 saturated carbocycles. The highest BCUT2D eigenvalue weighted by Gasteiger charge is 2.28. The molecule has 0 aromatic carbocycles. The summed E-state index contributed by atoms with van der Waals surface area (Å²) >= 11 is 0. The molecule has 0 spiro atoms. The molecule has 1 aliphatic heterocycles. The third kappa shape index (κ3) is 2.87. The van der Waals surface area contributed by atoms with E-state index in [0.717, 1.165) is 0 Å². The molecule has 0 bridgehead atoms. The summed E-state index contributed by atoms with van der Waals surface area (Å²) in [6, 6.07) is 0. The van der Waals surface area contributed by atoms with E-state index in [1.54, 1.807) is 0 Å². The van der Waals surface area contributed by atoms with E-state index in [9.17, 15) is 0 Å². The van der Waals surface area contributed by atoms with Crippen LogP contribution in [0.2, 0.25) is 0 Å². The SMILES string of the molecule is CC1OC(C)C(C)OC1C.O=O. The van der Waals surface area contributed by atoms with Crippen LogP contribution in [0.5, 0.6) is 0 Å². The zero-order valence-corrected chi connectivity index (χ0v) is 7.94. The average molecular weight is 176 g/mol. The Bertz CT molecular complexity index is 102. The van der Waals surface area contributed by atoms with Crippen molar-refractivity contribution in [3.05, 3.63) is 9.93 Å². The lowest BCUT2D eigenvalue weighted by molar-refractivity contribution is -0.197. The van der Waals surface area contributed by atoms with Crippen molar-refractivity contribution in [2.45, 2.75) is 52.1 Å². The fourth-order valence-electron chi connectivity index (χ4n) is 1.12. The highest BCUT2D eigenvalue weighted by atomic mass is 16.7. The summed E-state index contributed by atoms with van der Waals surface area (Å²) in [5.74, 6) is 0. The molecule has 0 N–H and O–H groups in total. The van der Waals surface area contributed by atoms with Gasteiger partial charge in [0.05, 0.1) is 24.4 Å². The molecule has 0 amide bonds. The molecule has 1 saturated heterocycles. The Morgan fingerprint density at radius 1 is 0.667 bits per heavy atom. The Kier molecular flexibility index (Phi) is 5.01. The van der Waals surface area contributed by atoms with Crippen LogP contribution in [-0.2, 0) is 9.47 Å². The minimum Gasteiger partial charge on any atom is -0.370 e. The fourth-order valence-corrected chi connectivity index (χ4v) is 1.12. The van der Waals surface area contributed by atoms with E-state index in [2.05, 4.69) is 0 Å². The smallest absolute Gasteiger partial charge is 0.0811 e. The van der Waals surface area contributed by atoms with Crippen molar-refractivity contribution in [1.29, 1.82) is 0 Å². The highest BCUT2D eigenvalue weighted by Crippen LogP contribution is 2.18. The number of hydrogen-bond donors (Lipinski definition) is 0. The molecular formula is C8H16O4. The first kappa shape index (κ1) is 11.5. The topological polar surface area (TPSA) is 52.6 Å². The van der Waals surface area contributed by atoms with Crippen LogP contribution in [0.1, 0.15) is 27.7 Å². The van der Waals surface area contributed by atoms with E-state index in [4.69, 9.17) is 19.4 Å². The Hall–Kier alpha value is -0.480. The van der Waals surface area contributed by atoms with Crippen LogP contribution in [0.25, 0.3) is 0 Å². The molecule has 4 atom stereocenters.